The van der Waals surface area contributed by atoms with Crippen molar-refractivity contribution in [3.05, 3.63) is 78.5 Å². The molecule has 10 nitrogen and oxygen atoms in total. The summed E-state index contributed by atoms with van der Waals surface area (Å²) in [6.07, 6.45) is 6.66. The number of benzene rings is 2. The van der Waals surface area contributed by atoms with Gasteiger partial charge in [-0.15, -0.1) is 0 Å². The van der Waals surface area contributed by atoms with Gasteiger partial charge in [-0.2, -0.15) is 5.10 Å². The summed E-state index contributed by atoms with van der Waals surface area (Å²) in [5, 5.41) is 11.2. The van der Waals surface area contributed by atoms with Crippen molar-refractivity contribution in [2.75, 3.05) is 17.3 Å². The molecule has 6 rings (SSSR count). The first-order chi connectivity index (χ1) is 20.2. The normalized spacial score (nSPS) is 11.8. The molecule has 3 N–H and O–H groups in total. The van der Waals surface area contributed by atoms with Gasteiger partial charge in [0.2, 0.25) is 5.91 Å². The molecule has 0 aliphatic carbocycles. The van der Waals surface area contributed by atoms with Crippen LogP contribution in [0, 0.1) is 5.82 Å². The molecule has 0 saturated heterocycles. The number of anilines is 1. The highest BCUT2D eigenvalue weighted by Crippen LogP contribution is 2.33. The van der Waals surface area contributed by atoms with Gasteiger partial charge in [0.15, 0.2) is 5.82 Å². The molecule has 0 atom stereocenters. The SMILES string of the molecule is CCC(=O)Nc1cncc(-c2ccc3[nH]nc(-c4nc5c(-c6cc(F)cc(CCS(C)(=O)=O)c6)nccc5[nH]4)c3c2)c1. The number of hydrogen-bond donors (Lipinski definition) is 3. The summed E-state index contributed by atoms with van der Waals surface area (Å²) >= 11 is 0. The molecule has 4 heterocycles. The molecule has 0 aliphatic heterocycles. The number of imidazole rings is 1. The number of aromatic nitrogens is 6. The fraction of sp³-hybridized carbons (Fsp3) is 0.167. The highest BCUT2D eigenvalue weighted by Gasteiger charge is 2.18. The van der Waals surface area contributed by atoms with Gasteiger partial charge in [-0.3, -0.25) is 19.9 Å². The number of sulfone groups is 1. The van der Waals surface area contributed by atoms with Gasteiger partial charge in [-0.1, -0.05) is 13.0 Å². The largest absolute Gasteiger partial charge is 0.336 e. The van der Waals surface area contributed by atoms with E-state index >= 15 is 0 Å². The van der Waals surface area contributed by atoms with Crippen LogP contribution < -0.4 is 5.32 Å². The quantitative estimate of drug-likeness (QED) is 0.220. The van der Waals surface area contributed by atoms with Crippen molar-refractivity contribution in [2.24, 2.45) is 0 Å². The van der Waals surface area contributed by atoms with Crippen molar-refractivity contribution in [3.63, 3.8) is 0 Å². The summed E-state index contributed by atoms with van der Waals surface area (Å²) in [4.78, 5) is 28.7. The van der Waals surface area contributed by atoms with Crippen molar-refractivity contribution in [1.82, 2.24) is 30.1 Å². The van der Waals surface area contributed by atoms with E-state index in [1.807, 2.05) is 24.3 Å². The molecule has 212 valence electrons. The number of hydrogen-bond acceptors (Lipinski definition) is 7. The smallest absolute Gasteiger partial charge is 0.224 e. The van der Waals surface area contributed by atoms with Crippen LogP contribution >= 0.6 is 0 Å². The second-order valence-electron chi connectivity index (χ2n) is 10.1. The lowest BCUT2D eigenvalue weighted by molar-refractivity contribution is -0.115. The predicted octanol–water partition coefficient (Wildman–Crippen LogP) is 5.30. The van der Waals surface area contributed by atoms with Gasteiger partial charge in [-0.05, 0) is 60.0 Å². The number of amides is 1. The van der Waals surface area contributed by atoms with Crippen LogP contribution in [0.15, 0.2) is 67.1 Å². The lowest BCUT2D eigenvalue weighted by Crippen LogP contribution is -2.09. The van der Waals surface area contributed by atoms with Crippen LogP contribution in [-0.2, 0) is 21.1 Å². The second-order valence-corrected chi connectivity index (χ2v) is 12.3. The fourth-order valence-electron chi connectivity index (χ4n) is 4.78. The first-order valence-corrected chi connectivity index (χ1v) is 15.3. The predicted molar refractivity (Wildman–Crippen MR) is 160 cm³/mol. The number of aromatic amines is 2. The Morgan fingerprint density at radius 3 is 2.64 bits per heavy atom. The van der Waals surface area contributed by atoms with E-state index in [1.54, 1.807) is 37.6 Å². The lowest BCUT2D eigenvalue weighted by Gasteiger charge is -2.07. The summed E-state index contributed by atoms with van der Waals surface area (Å²) in [7, 11) is -3.20. The minimum absolute atomic E-state index is 0.0813. The molecule has 0 aliphatic rings. The number of fused-ring (bicyclic) bond motifs is 2. The number of carbonyl (C=O) groups is 1. The number of aryl methyl sites for hydroxylation is 1. The molecule has 1 amide bonds. The molecule has 0 radical (unpaired) electrons. The number of nitrogens with zero attached hydrogens (tertiary/aromatic N) is 4. The third-order valence-electron chi connectivity index (χ3n) is 6.86. The van der Waals surface area contributed by atoms with Gasteiger partial charge in [0.1, 0.15) is 26.9 Å². The number of carbonyl (C=O) groups excluding carboxylic acids is 1. The minimum atomic E-state index is -3.20. The maximum Gasteiger partial charge on any atom is 0.224 e. The number of pyridine rings is 2. The van der Waals surface area contributed by atoms with Gasteiger partial charge in [0, 0.05) is 41.6 Å². The van der Waals surface area contributed by atoms with E-state index in [9.17, 15) is 17.6 Å². The van der Waals surface area contributed by atoms with E-state index < -0.39 is 15.7 Å². The van der Waals surface area contributed by atoms with Crippen molar-refractivity contribution in [1.29, 1.82) is 0 Å². The van der Waals surface area contributed by atoms with Crippen LogP contribution in [0.1, 0.15) is 18.9 Å². The molecule has 0 saturated carbocycles. The molecule has 2 aromatic carbocycles. The van der Waals surface area contributed by atoms with Crippen molar-refractivity contribution in [3.8, 4) is 33.9 Å². The molecule has 0 fully saturated rings. The molecular weight excluding hydrogens is 557 g/mol. The van der Waals surface area contributed by atoms with Crippen molar-refractivity contribution in [2.45, 2.75) is 19.8 Å². The van der Waals surface area contributed by atoms with Crippen LogP contribution in [0.3, 0.4) is 0 Å². The Morgan fingerprint density at radius 1 is 0.976 bits per heavy atom. The lowest BCUT2D eigenvalue weighted by atomic mass is 10.0. The standard InChI is InChI=1S/C30H26FN7O3S/c1-3-26(39)34-22-13-20(15-32-16-22)18-4-5-24-23(14-18)28(38-37-24)30-35-25-6-8-33-27(29(25)36-30)19-10-17(11-21(31)12-19)7-9-42(2,40)41/h4-6,8,10-16H,3,7,9H2,1-2H3,(H,34,39)(H,35,36)(H,37,38). The Bertz CT molecular complexity index is 2090. The molecule has 0 bridgehead atoms. The number of H-pyrrole nitrogens is 2. The van der Waals surface area contributed by atoms with Gasteiger partial charge in [0.25, 0.3) is 0 Å². The summed E-state index contributed by atoms with van der Waals surface area (Å²) in [6.45, 7) is 1.79. The highest BCUT2D eigenvalue weighted by molar-refractivity contribution is 7.90. The first kappa shape index (κ1) is 27.2. The van der Waals surface area contributed by atoms with Crippen LogP contribution in [-0.4, -0.2) is 56.5 Å². The molecule has 42 heavy (non-hydrogen) atoms. The monoisotopic (exact) mass is 583 g/mol. The maximum absolute atomic E-state index is 14.6. The third-order valence-corrected chi connectivity index (χ3v) is 7.80. The summed E-state index contributed by atoms with van der Waals surface area (Å²) in [5.41, 5.74) is 6.45. The fourth-order valence-corrected chi connectivity index (χ4v) is 5.39. The summed E-state index contributed by atoms with van der Waals surface area (Å²) in [5.74, 6) is -0.159. The first-order valence-electron chi connectivity index (χ1n) is 13.2. The van der Waals surface area contributed by atoms with E-state index in [0.717, 1.165) is 28.3 Å². The van der Waals surface area contributed by atoms with E-state index in [4.69, 9.17) is 4.98 Å². The molecular formula is C30H26FN7O3S. The zero-order valence-electron chi connectivity index (χ0n) is 22.8. The molecule has 6 aromatic rings. The summed E-state index contributed by atoms with van der Waals surface area (Å²) in [6, 6.07) is 13.9. The van der Waals surface area contributed by atoms with Gasteiger partial charge in [-0.25, -0.2) is 17.8 Å². The average Bonchev–Trinajstić information content (AvgIpc) is 3.59. The Hall–Kier alpha value is -4.97. The molecule has 0 unspecified atom stereocenters. The average molecular weight is 584 g/mol. The molecule has 4 aromatic heterocycles. The van der Waals surface area contributed by atoms with Gasteiger partial charge < -0.3 is 10.3 Å². The second kappa shape index (κ2) is 10.8. The Labute approximate surface area is 240 Å². The van der Waals surface area contributed by atoms with E-state index in [-0.39, 0.29) is 18.1 Å². The maximum atomic E-state index is 14.6. The van der Waals surface area contributed by atoms with Crippen molar-refractivity contribution < 1.29 is 17.6 Å². The van der Waals surface area contributed by atoms with Crippen LogP contribution in [0.4, 0.5) is 10.1 Å². The van der Waals surface area contributed by atoms with Gasteiger partial charge in [0.05, 0.1) is 34.4 Å². The Morgan fingerprint density at radius 2 is 1.83 bits per heavy atom. The number of rotatable bonds is 8. The minimum Gasteiger partial charge on any atom is -0.336 e. The van der Waals surface area contributed by atoms with E-state index in [2.05, 4.69) is 30.5 Å². The number of halogens is 1. The number of nitrogens with one attached hydrogen (secondary N) is 3. The van der Waals surface area contributed by atoms with Crippen molar-refractivity contribution >= 4 is 43.4 Å². The zero-order chi connectivity index (χ0) is 29.4. The zero-order valence-corrected chi connectivity index (χ0v) is 23.6. The van der Waals surface area contributed by atoms with Crippen LogP contribution in [0.25, 0.3) is 55.8 Å². The Kier molecular flexibility index (Phi) is 6.99. The van der Waals surface area contributed by atoms with E-state index in [0.29, 0.717) is 51.5 Å². The van der Waals surface area contributed by atoms with Crippen LogP contribution in [0.2, 0.25) is 0 Å². The highest BCUT2D eigenvalue weighted by atomic mass is 32.2. The van der Waals surface area contributed by atoms with Gasteiger partial charge >= 0.3 is 0 Å². The topological polar surface area (TPSA) is 146 Å². The Balaban J connectivity index is 1.39. The van der Waals surface area contributed by atoms with E-state index in [1.165, 1.54) is 12.1 Å². The van der Waals surface area contributed by atoms with Crippen LogP contribution in [0.5, 0.6) is 0 Å². The molecule has 12 heteroatoms. The molecule has 0 spiro atoms. The third kappa shape index (κ3) is 5.61. The summed E-state index contributed by atoms with van der Waals surface area (Å²) < 4.78 is 37.9.